The molecule has 2 aromatic rings. The fourth-order valence-electron chi connectivity index (χ4n) is 4.03. The summed E-state index contributed by atoms with van der Waals surface area (Å²) in [6.45, 7) is 2.94. The number of hydrogen-bond acceptors (Lipinski definition) is 4. The predicted octanol–water partition coefficient (Wildman–Crippen LogP) is 2.98. The zero-order chi connectivity index (χ0) is 17.3. The number of piperidine rings is 3. The molecule has 3 saturated heterocycles. The maximum absolute atomic E-state index is 13.1. The van der Waals surface area contributed by atoms with Gasteiger partial charge in [-0.2, -0.15) is 0 Å². The van der Waals surface area contributed by atoms with Gasteiger partial charge in [0.25, 0.3) is 0 Å². The first-order valence-electron chi connectivity index (χ1n) is 8.95. The fraction of sp³-hybridized carbons (Fsp3) is 0.381. The molecular weight excluding hydrogens is 350 g/mol. The molecule has 3 heterocycles. The van der Waals surface area contributed by atoms with Gasteiger partial charge in [0.05, 0.1) is 0 Å². The number of benzene rings is 2. The molecular formula is C21H24ClNO3. The molecule has 5 heteroatoms. The Morgan fingerprint density at radius 3 is 1.88 bits per heavy atom. The van der Waals surface area contributed by atoms with Crippen LogP contribution in [0.5, 0.6) is 0 Å². The summed E-state index contributed by atoms with van der Waals surface area (Å²) in [6.07, 6.45) is 1.99. The van der Waals surface area contributed by atoms with Crippen LogP contribution < -0.4 is 0 Å². The number of carbonyl (C=O) groups excluding carboxylic acids is 1. The van der Waals surface area contributed by atoms with E-state index >= 15 is 0 Å². The number of carbonyl (C=O) groups is 1. The Bertz CT molecular complexity index is 690. The first-order valence-corrected chi connectivity index (χ1v) is 8.95. The van der Waals surface area contributed by atoms with E-state index in [4.69, 9.17) is 4.74 Å². The van der Waals surface area contributed by atoms with E-state index in [1.807, 2.05) is 36.4 Å². The zero-order valence-electron chi connectivity index (χ0n) is 14.6. The lowest BCUT2D eigenvalue weighted by Crippen LogP contribution is -2.53. The van der Waals surface area contributed by atoms with E-state index in [1.54, 1.807) is 24.3 Å². The van der Waals surface area contributed by atoms with Gasteiger partial charge in [-0.15, -0.1) is 12.4 Å². The number of rotatable bonds is 4. The second-order valence-electron chi connectivity index (χ2n) is 7.02. The maximum Gasteiger partial charge on any atom is 0.348 e. The predicted molar refractivity (Wildman–Crippen MR) is 102 cm³/mol. The van der Waals surface area contributed by atoms with E-state index in [2.05, 4.69) is 4.90 Å². The lowest BCUT2D eigenvalue weighted by atomic mass is 9.84. The molecule has 0 amide bonds. The van der Waals surface area contributed by atoms with Gasteiger partial charge in [-0.05, 0) is 43.0 Å². The van der Waals surface area contributed by atoms with Gasteiger partial charge in [-0.1, -0.05) is 60.7 Å². The number of fused-ring (bicyclic) bond motifs is 3. The van der Waals surface area contributed by atoms with Gasteiger partial charge in [-0.25, -0.2) is 4.79 Å². The molecule has 0 aromatic heterocycles. The highest BCUT2D eigenvalue weighted by atomic mass is 35.5. The fourth-order valence-corrected chi connectivity index (χ4v) is 4.03. The van der Waals surface area contributed by atoms with Gasteiger partial charge in [0.1, 0.15) is 6.10 Å². The van der Waals surface area contributed by atoms with Crippen molar-refractivity contribution in [1.82, 2.24) is 4.90 Å². The number of aliphatic hydroxyl groups is 1. The Balaban J connectivity index is 0.00000196. The third kappa shape index (κ3) is 3.37. The third-order valence-corrected chi connectivity index (χ3v) is 5.53. The number of halogens is 1. The molecule has 2 bridgehead atoms. The van der Waals surface area contributed by atoms with E-state index in [0.29, 0.717) is 17.0 Å². The Hall–Kier alpha value is -1.88. The summed E-state index contributed by atoms with van der Waals surface area (Å²) in [5.74, 6) is -0.173. The molecule has 3 aliphatic heterocycles. The van der Waals surface area contributed by atoms with E-state index < -0.39 is 11.6 Å². The van der Waals surface area contributed by atoms with Gasteiger partial charge >= 0.3 is 5.97 Å². The van der Waals surface area contributed by atoms with E-state index in [9.17, 15) is 9.90 Å². The number of ether oxygens (including phenoxy) is 1. The highest BCUT2D eigenvalue weighted by molar-refractivity contribution is 5.86. The molecule has 0 radical (unpaired) electrons. The lowest BCUT2D eigenvalue weighted by Gasteiger charge is -2.44. The Kier molecular flexibility index (Phi) is 5.66. The average Bonchev–Trinajstić information content (AvgIpc) is 2.69. The van der Waals surface area contributed by atoms with Crippen LogP contribution >= 0.6 is 12.4 Å². The molecule has 3 aliphatic rings. The van der Waals surface area contributed by atoms with Crippen molar-refractivity contribution in [2.75, 3.05) is 19.6 Å². The van der Waals surface area contributed by atoms with Crippen molar-refractivity contribution in [3.63, 3.8) is 0 Å². The Morgan fingerprint density at radius 2 is 1.46 bits per heavy atom. The normalized spacial score (nSPS) is 24.6. The zero-order valence-corrected chi connectivity index (χ0v) is 15.4. The molecule has 26 heavy (non-hydrogen) atoms. The summed E-state index contributed by atoms with van der Waals surface area (Å²) in [5, 5.41) is 11.4. The summed E-state index contributed by atoms with van der Waals surface area (Å²) >= 11 is 0. The van der Waals surface area contributed by atoms with Crippen LogP contribution in [0.3, 0.4) is 0 Å². The third-order valence-electron chi connectivity index (χ3n) is 5.53. The van der Waals surface area contributed by atoms with Crippen molar-refractivity contribution in [3.8, 4) is 0 Å². The van der Waals surface area contributed by atoms with Gasteiger partial charge in [0.15, 0.2) is 0 Å². The smallest absolute Gasteiger partial charge is 0.348 e. The minimum absolute atomic E-state index is 0. The van der Waals surface area contributed by atoms with Crippen molar-refractivity contribution in [2.45, 2.75) is 24.5 Å². The second kappa shape index (κ2) is 7.78. The SMILES string of the molecule is Cl.O=C(OC1CN2CCC1CC2)C(O)(c1ccccc1)c1ccccc1. The van der Waals surface area contributed by atoms with E-state index in [1.165, 1.54) is 0 Å². The van der Waals surface area contributed by atoms with Crippen LogP contribution in [0, 0.1) is 5.92 Å². The summed E-state index contributed by atoms with van der Waals surface area (Å²) in [6, 6.07) is 18.1. The first-order chi connectivity index (χ1) is 12.2. The van der Waals surface area contributed by atoms with Crippen molar-refractivity contribution in [1.29, 1.82) is 0 Å². The Morgan fingerprint density at radius 1 is 0.962 bits per heavy atom. The number of esters is 1. The van der Waals surface area contributed by atoms with Gasteiger partial charge in [0, 0.05) is 6.54 Å². The second-order valence-corrected chi connectivity index (χ2v) is 7.02. The van der Waals surface area contributed by atoms with E-state index in [-0.39, 0.29) is 18.5 Å². The molecule has 0 spiro atoms. The summed E-state index contributed by atoms with van der Waals surface area (Å²) in [7, 11) is 0. The molecule has 1 N–H and O–H groups in total. The summed E-state index contributed by atoms with van der Waals surface area (Å²) in [4.78, 5) is 15.5. The molecule has 0 aliphatic carbocycles. The Labute approximate surface area is 160 Å². The average molecular weight is 374 g/mol. The molecule has 3 fully saturated rings. The summed E-state index contributed by atoms with van der Waals surface area (Å²) < 4.78 is 5.87. The molecule has 138 valence electrons. The first kappa shape index (κ1) is 18.9. The monoisotopic (exact) mass is 373 g/mol. The van der Waals surface area contributed by atoms with Gasteiger partial charge in [0.2, 0.25) is 5.60 Å². The highest BCUT2D eigenvalue weighted by Gasteiger charge is 2.45. The van der Waals surface area contributed by atoms with Gasteiger partial charge < -0.3 is 9.84 Å². The lowest BCUT2D eigenvalue weighted by molar-refractivity contribution is -0.177. The van der Waals surface area contributed by atoms with Crippen LogP contribution in [0.2, 0.25) is 0 Å². The number of hydrogen-bond donors (Lipinski definition) is 1. The molecule has 4 nitrogen and oxygen atoms in total. The van der Waals surface area contributed by atoms with Crippen molar-refractivity contribution in [2.24, 2.45) is 5.92 Å². The topological polar surface area (TPSA) is 49.8 Å². The van der Waals surface area contributed by atoms with Crippen LogP contribution in [0.1, 0.15) is 24.0 Å². The quantitative estimate of drug-likeness (QED) is 0.837. The molecule has 1 unspecified atom stereocenters. The molecule has 1 atom stereocenters. The van der Waals surface area contributed by atoms with Crippen LogP contribution in [0.4, 0.5) is 0 Å². The van der Waals surface area contributed by atoms with Crippen LogP contribution in [-0.2, 0) is 15.1 Å². The maximum atomic E-state index is 13.1. The standard InChI is InChI=1S/C21H23NO3.ClH/c23-20(25-19-15-22-13-11-16(19)12-14-22)21(24,17-7-3-1-4-8-17)18-9-5-2-6-10-18;/h1-10,16,19,24H,11-15H2;1H. The molecule has 0 saturated carbocycles. The van der Waals surface area contributed by atoms with Crippen molar-refractivity contribution < 1.29 is 14.6 Å². The van der Waals surface area contributed by atoms with Crippen molar-refractivity contribution >= 4 is 18.4 Å². The minimum Gasteiger partial charge on any atom is -0.458 e. The molecule has 2 aromatic carbocycles. The van der Waals surface area contributed by atoms with Crippen LogP contribution in [0.25, 0.3) is 0 Å². The molecule has 5 rings (SSSR count). The van der Waals surface area contributed by atoms with E-state index in [0.717, 1.165) is 32.5 Å². The van der Waals surface area contributed by atoms with Crippen molar-refractivity contribution in [3.05, 3.63) is 71.8 Å². The van der Waals surface area contributed by atoms with Crippen LogP contribution in [-0.4, -0.2) is 41.7 Å². The number of nitrogens with zero attached hydrogens (tertiary/aromatic N) is 1. The minimum atomic E-state index is -1.78. The largest absolute Gasteiger partial charge is 0.458 e. The van der Waals surface area contributed by atoms with Gasteiger partial charge in [-0.3, -0.25) is 4.90 Å². The van der Waals surface area contributed by atoms with Crippen LogP contribution in [0.15, 0.2) is 60.7 Å². The summed E-state index contributed by atoms with van der Waals surface area (Å²) in [5.41, 5.74) is -0.714. The highest BCUT2D eigenvalue weighted by Crippen LogP contribution is 2.35.